The van der Waals surface area contributed by atoms with Crippen LogP contribution >= 0.6 is 12.4 Å². The van der Waals surface area contributed by atoms with Gasteiger partial charge in [0.1, 0.15) is 0 Å². The predicted octanol–water partition coefficient (Wildman–Crippen LogP) is 2.42. The van der Waals surface area contributed by atoms with Crippen molar-refractivity contribution in [1.29, 1.82) is 0 Å². The number of carbonyl (C=O) groups is 2. The third kappa shape index (κ3) is 3.51. The number of anilines is 1. The number of rotatable bonds is 5. The summed E-state index contributed by atoms with van der Waals surface area (Å²) in [5.41, 5.74) is 6.33. The largest absolute Gasteiger partial charge is 0.351 e. The number of halogens is 1. The maximum Gasteiger partial charge on any atom is 0.253 e. The first-order valence-corrected chi connectivity index (χ1v) is 7.61. The lowest BCUT2D eigenvalue weighted by molar-refractivity contribution is -0.118. The Kier molecular flexibility index (Phi) is 5.83. The Morgan fingerprint density at radius 3 is 2.22 bits per heavy atom. The van der Waals surface area contributed by atoms with Gasteiger partial charge >= 0.3 is 0 Å². The minimum atomic E-state index is -0.226. The summed E-state index contributed by atoms with van der Waals surface area (Å²) in [7, 11) is 0. The Balaban J connectivity index is 0.00000264. The van der Waals surface area contributed by atoms with E-state index in [1.807, 2.05) is 0 Å². The lowest BCUT2D eigenvalue weighted by Crippen LogP contribution is -2.30. The fraction of sp³-hybridized carbons (Fsp3) is 0.529. The molecule has 4 N–H and O–H groups in total. The number of para-hydroxylation sites is 1. The zero-order valence-corrected chi connectivity index (χ0v) is 14.9. The van der Waals surface area contributed by atoms with E-state index < -0.39 is 0 Å². The number of carbonyl (C=O) groups excluding carboxylic acids is 2. The first-order valence-electron chi connectivity index (χ1n) is 7.61. The normalized spacial score (nSPS) is 17.8. The maximum absolute atomic E-state index is 12.5. The monoisotopic (exact) mass is 339 g/mol. The van der Waals surface area contributed by atoms with Crippen molar-refractivity contribution < 1.29 is 9.59 Å². The lowest BCUT2D eigenvalue weighted by Gasteiger charge is -2.12. The average Bonchev–Trinajstić information content (AvgIpc) is 2.86. The van der Waals surface area contributed by atoms with Gasteiger partial charge in [-0.2, -0.15) is 0 Å². The summed E-state index contributed by atoms with van der Waals surface area (Å²) in [5, 5.41) is 5.63. The first kappa shape index (κ1) is 19.5. The molecule has 0 unspecified atom stereocenters. The minimum Gasteiger partial charge on any atom is -0.351 e. The van der Waals surface area contributed by atoms with Gasteiger partial charge in [-0.05, 0) is 23.0 Å². The highest BCUT2D eigenvalue weighted by Gasteiger charge is 2.68. The Bertz CT molecular complexity index is 585. The highest BCUT2D eigenvalue weighted by atomic mass is 35.5. The van der Waals surface area contributed by atoms with Crippen LogP contribution in [0.2, 0.25) is 0 Å². The van der Waals surface area contributed by atoms with Gasteiger partial charge in [-0.1, -0.05) is 39.8 Å². The summed E-state index contributed by atoms with van der Waals surface area (Å²) in [6.45, 7) is 9.16. The summed E-state index contributed by atoms with van der Waals surface area (Å²) < 4.78 is 0. The molecule has 5 nitrogen and oxygen atoms in total. The molecule has 1 fully saturated rings. The standard InChI is InChI=1S/C17H25N3O2.ClH/c1-16(2)13(17(16,3)4)15(22)20-12-8-6-5-7-11(12)14(21)19-10-9-18;/h5-8,13H,9-10,18H2,1-4H3,(H,19,21)(H,20,22);1H. The van der Waals surface area contributed by atoms with Gasteiger partial charge in [0, 0.05) is 19.0 Å². The Morgan fingerprint density at radius 1 is 1.13 bits per heavy atom. The van der Waals surface area contributed by atoms with Crippen LogP contribution in [-0.2, 0) is 4.79 Å². The second-order valence-electron chi connectivity index (χ2n) is 6.96. The molecule has 0 spiro atoms. The first-order chi connectivity index (χ1) is 10.2. The third-order valence-corrected chi connectivity index (χ3v) is 5.14. The fourth-order valence-corrected chi connectivity index (χ4v) is 3.13. The molecule has 0 atom stereocenters. The number of hydrogen-bond acceptors (Lipinski definition) is 3. The molecular formula is C17H26ClN3O2. The van der Waals surface area contributed by atoms with Crippen molar-refractivity contribution in [1.82, 2.24) is 5.32 Å². The SMILES string of the molecule is CC1(C)C(C(=O)Nc2ccccc2C(=O)NCCN)C1(C)C.Cl. The molecule has 0 aromatic heterocycles. The molecule has 1 aliphatic rings. The third-order valence-electron chi connectivity index (χ3n) is 5.14. The molecule has 0 aliphatic heterocycles. The van der Waals surface area contributed by atoms with E-state index in [-0.39, 0.29) is 41.0 Å². The van der Waals surface area contributed by atoms with Gasteiger partial charge in [-0.3, -0.25) is 9.59 Å². The fourth-order valence-electron chi connectivity index (χ4n) is 3.13. The highest BCUT2D eigenvalue weighted by Crippen LogP contribution is 2.68. The minimum absolute atomic E-state index is 0. The van der Waals surface area contributed by atoms with E-state index in [0.717, 1.165) is 0 Å². The van der Waals surface area contributed by atoms with Gasteiger partial charge in [0.25, 0.3) is 5.91 Å². The van der Waals surface area contributed by atoms with E-state index in [4.69, 9.17) is 5.73 Å². The second-order valence-corrected chi connectivity index (χ2v) is 6.96. The molecule has 23 heavy (non-hydrogen) atoms. The van der Waals surface area contributed by atoms with Gasteiger partial charge in [0.2, 0.25) is 5.91 Å². The van der Waals surface area contributed by atoms with Crippen LogP contribution in [0, 0.1) is 16.7 Å². The van der Waals surface area contributed by atoms with Crippen LogP contribution in [-0.4, -0.2) is 24.9 Å². The van der Waals surface area contributed by atoms with E-state index in [2.05, 4.69) is 38.3 Å². The van der Waals surface area contributed by atoms with Crippen molar-refractivity contribution in [3.8, 4) is 0 Å². The Labute approximate surface area is 143 Å². The molecule has 2 amide bonds. The summed E-state index contributed by atoms with van der Waals surface area (Å²) in [6.07, 6.45) is 0. The Hall–Kier alpha value is -1.59. The van der Waals surface area contributed by atoms with Gasteiger partial charge in [-0.15, -0.1) is 12.4 Å². The Morgan fingerprint density at radius 2 is 1.70 bits per heavy atom. The van der Waals surface area contributed by atoms with Crippen molar-refractivity contribution in [2.45, 2.75) is 27.7 Å². The quantitative estimate of drug-likeness (QED) is 0.770. The molecule has 128 valence electrons. The van der Waals surface area contributed by atoms with E-state index in [1.54, 1.807) is 24.3 Å². The van der Waals surface area contributed by atoms with Crippen LogP contribution in [0.4, 0.5) is 5.69 Å². The van der Waals surface area contributed by atoms with Gasteiger partial charge in [0.15, 0.2) is 0 Å². The van der Waals surface area contributed by atoms with Crippen LogP contribution in [0.3, 0.4) is 0 Å². The van der Waals surface area contributed by atoms with E-state index in [1.165, 1.54) is 0 Å². The van der Waals surface area contributed by atoms with Crippen LogP contribution in [0.25, 0.3) is 0 Å². The smallest absolute Gasteiger partial charge is 0.253 e. The van der Waals surface area contributed by atoms with Crippen molar-refractivity contribution in [2.24, 2.45) is 22.5 Å². The lowest BCUT2D eigenvalue weighted by atomic mass is 10.0. The van der Waals surface area contributed by atoms with Crippen molar-refractivity contribution in [3.63, 3.8) is 0 Å². The molecule has 1 aromatic rings. The molecule has 2 rings (SSSR count). The average molecular weight is 340 g/mol. The summed E-state index contributed by atoms with van der Waals surface area (Å²) >= 11 is 0. The molecule has 0 saturated heterocycles. The van der Waals surface area contributed by atoms with Crippen molar-refractivity contribution >= 4 is 29.9 Å². The second kappa shape index (κ2) is 6.89. The van der Waals surface area contributed by atoms with Crippen molar-refractivity contribution in [3.05, 3.63) is 29.8 Å². The summed E-state index contributed by atoms with van der Waals surface area (Å²) in [4.78, 5) is 24.7. The zero-order chi connectivity index (χ0) is 16.5. The maximum atomic E-state index is 12.5. The number of nitrogens with two attached hydrogens (primary N) is 1. The van der Waals surface area contributed by atoms with Gasteiger partial charge < -0.3 is 16.4 Å². The highest BCUT2D eigenvalue weighted by molar-refractivity contribution is 6.05. The van der Waals surface area contributed by atoms with Gasteiger partial charge in [0.05, 0.1) is 11.3 Å². The van der Waals surface area contributed by atoms with E-state index in [9.17, 15) is 9.59 Å². The zero-order valence-electron chi connectivity index (χ0n) is 14.1. The van der Waals surface area contributed by atoms with Gasteiger partial charge in [-0.25, -0.2) is 0 Å². The molecule has 0 bridgehead atoms. The molecule has 1 aliphatic carbocycles. The van der Waals surface area contributed by atoms with Crippen LogP contribution < -0.4 is 16.4 Å². The van der Waals surface area contributed by atoms with Crippen LogP contribution in [0.5, 0.6) is 0 Å². The molecule has 0 radical (unpaired) electrons. The number of benzene rings is 1. The van der Waals surface area contributed by atoms with Crippen LogP contribution in [0.15, 0.2) is 24.3 Å². The summed E-state index contributed by atoms with van der Waals surface area (Å²) in [5.74, 6) is -0.315. The molecular weight excluding hydrogens is 314 g/mol. The predicted molar refractivity (Wildman–Crippen MR) is 94.8 cm³/mol. The number of hydrogen-bond donors (Lipinski definition) is 3. The molecule has 1 aromatic carbocycles. The molecule has 0 heterocycles. The molecule has 6 heteroatoms. The van der Waals surface area contributed by atoms with Crippen LogP contribution in [0.1, 0.15) is 38.1 Å². The topological polar surface area (TPSA) is 84.2 Å². The summed E-state index contributed by atoms with van der Waals surface area (Å²) in [6, 6.07) is 7.03. The number of nitrogens with one attached hydrogen (secondary N) is 2. The van der Waals surface area contributed by atoms with Crippen molar-refractivity contribution in [2.75, 3.05) is 18.4 Å². The van der Waals surface area contributed by atoms with E-state index in [0.29, 0.717) is 24.3 Å². The number of amides is 2. The molecule has 1 saturated carbocycles. The van der Waals surface area contributed by atoms with E-state index >= 15 is 0 Å².